The molecular weight excluding hydrogens is 324 g/mol. The second-order valence-corrected chi connectivity index (χ2v) is 7.34. The van der Waals surface area contributed by atoms with Gasteiger partial charge in [0.15, 0.2) is 5.78 Å². The maximum Gasteiger partial charge on any atom is 0.225 e. The van der Waals surface area contributed by atoms with Crippen molar-refractivity contribution in [2.75, 3.05) is 38.1 Å². The Bertz CT molecular complexity index is 810. The lowest BCUT2D eigenvalue weighted by atomic mass is 9.86. The van der Waals surface area contributed by atoms with Crippen LogP contribution in [0.5, 0.6) is 0 Å². The second kappa shape index (κ2) is 7.38. The molecule has 0 radical (unpaired) electrons. The predicted molar refractivity (Wildman–Crippen MR) is 102 cm³/mol. The number of Topliss-reactive ketones (excluding diaryl/α,β-unsaturated/α-hetero) is 1. The van der Waals surface area contributed by atoms with Crippen LogP contribution in [0.2, 0.25) is 0 Å². The van der Waals surface area contributed by atoms with E-state index in [2.05, 4.69) is 41.2 Å². The van der Waals surface area contributed by atoms with Crippen LogP contribution < -0.4 is 9.80 Å². The summed E-state index contributed by atoms with van der Waals surface area (Å²) in [7, 11) is 2.22. The molecule has 26 heavy (non-hydrogen) atoms. The van der Waals surface area contributed by atoms with Gasteiger partial charge in [-0.15, -0.1) is 0 Å². The first-order valence-corrected chi connectivity index (χ1v) is 9.37. The van der Waals surface area contributed by atoms with Crippen LogP contribution in [0.3, 0.4) is 0 Å². The van der Waals surface area contributed by atoms with Crippen LogP contribution in [0.4, 0.5) is 5.95 Å². The number of hydrogen-bond acceptors (Lipinski definition) is 4. The Morgan fingerprint density at radius 2 is 1.92 bits per heavy atom. The normalized spacial score (nSPS) is 21.2. The molecule has 1 saturated heterocycles. The second-order valence-electron chi connectivity index (χ2n) is 7.34. The number of benzene rings is 1. The fourth-order valence-electron chi connectivity index (χ4n) is 3.65. The van der Waals surface area contributed by atoms with E-state index in [1.807, 2.05) is 18.2 Å². The van der Waals surface area contributed by atoms with Crippen molar-refractivity contribution in [3.8, 4) is 0 Å². The topological polar surface area (TPSA) is 50.5 Å². The number of allylic oxidation sites excluding steroid dienone is 1. The summed E-state index contributed by atoms with van der Waals surface area (Å²) in [4.78, 5) is 25.5. The third kappa shape index (κ3) is 3.68. The first-order valence-electron chi connectivity index (χ1n) is 9.37. The number of nitrogens with one attached hydrogen (secondary N) is 1. The molecule has 134 valence electrons. The number of piperazine rings is 1. The van der Waals surface area contributed by atoms with Crippen molar-refractivity contribution >= 4 is 17.8 Å². The monoisotopic (exact) mass is 349 g/mol. The Hall–Kier alpha value is -2.53. The Morgan fingerprint density at radius 3 is 2.69 bits per heavy atom. The van der Waals surface area contributed by atoms with E-state index < -0.39 is 0 Å². The highest BCUT2D eigenvalue weighted by molar-refractivity contribution is 5.98. The van der Waals surface area contributed by atoms with Gasteiger partial charge in [-0.3, -0.25) is 4.79 Å². The number of quaternary nitrogens is 1. The van der Waals surface area contributed by atoms with Crippen molar-refractivity contribution in [3.05, 3.63) is 59.4 Å². The molecule has 0 amide bonds. The van der Waals surface area contributed by atoms with Gasteiger partial charge < -0.3 is 9.80 Å². The molecule has 0 bridgehead atoms. The lowest BCUT2D eigenvalue weighted by Gasteiger charge is -2.30. The van der Waals surface area contributed by atoms with Crippen LogP contribution in [0.1, 0.15) is 28.0 Å². The predicted octanol–water partition coefficient (Wildman–Crippen LogP) is 1.27. The van der Waals surface area contributed by atoms with Gasteiger partial charge in [-0.1, -0.05) is 42.5 Å². The minimum Gasteiger partial charge on any atom is -0.334 e. The summed E-state index contributed by atoms with van der Waals surface area (Å²) in [6.07, 6.45) is 7.34. The summed E-state index contributed by atoms with van der Waals surface area (Å²) < 4.78 is 0. The van der Waals surface area contributed by atoms with E-state index in [-0.39, 0.29) is 11.7 Å². The highest BCUT2D eigenvalue weighted by Gasteiger charge is 2.27. The maximum atomic E-state index is 12.5. The van der Waals surface area contributed by atoms with Gasteiger partial charge in [-0.2, -0.15) is 0 Å². The Morgan fingerprint density at radius 1 is 1.15 bits per heavy atom. The molecule has 1 atom stereocenters. The van der Waals surface area contributed by atoms with Gasteiger partial charge in [-0.25, -0.2) is 9.97 Å². The van der Waals surface area contributed by atoms with E-state index >= 15 is 0 Å². The fraction of sp³-hybridized carbons (Fsp3) is 0.381. The molecule has 1 fully saturated rings. The average Bonchev–Trinajstić information content (AvgIpc) is 2.67. The number of carbonyl (C=O) groups excluding carboxylic acids is 1. The fourth-order valence-corrected chi connectivity index (χ4v) is 3.65. The number of aromatic nitrogens is 2. The molecule has 2 heterocycles. The largest absolute Gasteiger partial charge is 0.334 e. The minimum absolute atomic E-state index is 0.156. The van der Waals surface area contributed by atoms with Crippen molar-refractivity contribution in [2.24, 2.45) is 5.92 Å². The molecule has 2 aliphatic rings. The lowest BCUT2D eigenvalue weighted by molar-refractivity contribution is -0.880. The molecule has 4 rings (SSSR count). The maximum absolute atomic E-state index is 12.5. The molecule has 1 aromatic heterocycles. The van der Waals surface area contributed by atoms with Gasteiger partial charge in [0.25, 0.3) is 0 Å². The molecule has 1 N–H and O–H groups in total. The number of nitrogens with zero attached hydrogens (tertiary/aromatic N) is 3. The van der Waals surface area contributed by atoms with Gasteiger partial charge in [0.1, 0.15) is 0 Å². The smallest absolute Gasteiger partial charge is 0.225 e. The number of fused-ring (bicyclic) bond motifs is 1. The van der Waals surface area contributed by atoms with E-state index in [4.69, 9.17) is 4.98 Å². The van der Waals surface area contributed by atoms with Gasteiger partial charge in [-0.05, 0) is 17.9 Å². The first-order chi connectivity index (χ1) is 12.7. The molecule has 1 aromatic carbocycles. The van der Waals surface area contributed by atoms with Gasteiger partial charge in [0.2, 0.25) is 5.95 Å². The van der Waals surface area contributed by atoms with Crippen LogP contribution in [0, 0.1) is 5.92 Å². The van der Waals surface area contributed by atoms with Crippen molar-refractivity contribution in [1.82, 2.24) is 9.97 Å². The SMILES string of the molecule is C[NH+]1CCN(c2ncc3c(n2)C[C@@H](/C=C/c2ccccc2)CC3=O)CC1. The summed E-state index contributed by atoms with van der Waals surface area (Å²) in [5.74, 6) is 1.13. The summed E-state index contributed by atoms with van der Waals surface area (Å²) in [6, 6.07) is 10.2. The Kier molecular flexibility index (Phi) is 4.80. The van der Waals surface area contributed by atoms with E-state index in [0.29, 0.717) is 12.0 Å². The van der Waals surface area contributed by atoms with Gasteiger partial charge >= 0.3 is 0 Å². The number of hydrogen-bond donors (Lipinski definition) is 1. The Labute approximate surface area is 154 Å². The summed E-state index contributed by atoms with van der Waals surface area (Å²) >= 11 is 0. The molecule has 0 unspecified atom stereocenters. The van der Waals surface area contributed by atoms with Gasteiger partial charge in [0.05, 0.1) is 44.5 Å². The zero-order chi connectivity index (χ0) is 17.9. The van der Waals surface area contributed by atoms with Gasteiger partial charge in [0, 0.05) is 12.6 Å². The van der Waals surface area contributed by atoms with E-state index in [1.54, 1.807) is 11.1 Å². The standard InChI is InChI=1S/C21H24N4O/c1-24-9-11-25(12-10-24)21-22-15-18-19(23-21)13-17(14-20(18)26)8-7-16-5-3-2-4-6-16/h2-8,15,17H,9-14H2,1H3/p+1/b8-7+/t17-/m1/s1. The first kappa shape index (κ1) is 16.9. The Balaban J connectivity index is 1.52. The summed E-state index contributed by atoms with van der Waals surface area (Å²) in [5.41, 5.74) is 2.77. The molecule has 2 aromatic rings. The van der Waals surface area contributed by atoms with Crippen LogP contribution in [-0.2, 0) is 6.42 Å². The lowest BCUT2D eigenvalue weighted by Crippen LogP contribution is -3.12. The third-order valence-electron chi connectivity index (χ3n) is 5.32. The quantitative estimate of drug-likeness (QED) is 0.907. The minimum atomic E-state index is 0.156. The van der Waals surface area contributed by atoms with Crippen molar-refractivity contribution in [1.29, 1.82) is 0 Å². The van der Waals surface area contributed by atoms with Crippen LogP contribution >= 0.6 is 0 Å². The van der Waals surface area contributed by atoms with E-state index in [1.165, 1.54) is 0 Å². The summed E-state index contributed by atoms with van der Waals surface area (Å²) in [5, 5.41) is 0. The molecule has 0 spiro atoms. The number of likely N-dealkylation sites (N-methyl/N-ethyl adjacent to an activating group) is 1. The third-order valence-corrected chi connectivity index (χ3v) is 5.32. The van der Waals surface area contributed by atoms with Crippen molar-refractivity contribution in [2.45, 2.75) is 12.8 Å². The zero-order valence-corrected chi connectivity index (χ0v) is 15.2. The molecule has 1 aliphatic carbocycles. The average molecular weight is 349 g/mol. The number of anilines is 1. The molecule has 1 aliphatic heterocycles. The molecular formula is C21H25N4O+. The summed E-state index contributed by atoms with van der Waals surface area (Å²) in [6.45, 7) is 4.13. The van der Waals surface area contributed by atoms with E-state index in [0.717, 1.165) is 49.8 Å². The van der Waals surface area contributed by atoms with Crippen molar-refractivity contribution < 1.29 is 9.69 Å². The molecule has 5 heteroatoms. The van der Waals surface area contributed by atoms with Crippen LogP contribution in [-0.4, -0.2) is 49.0 Å². The highest BCUT2D eigenvalue weighted by atomic mass is 16.1. The van der Waals surface area contributed by atoms with E-state index in [9.17, 15) is 4.79 Å². The number of rotatable bonds is 3. The van der Waals surface area contributed by atoms with Crippen molar-refractivity contribution in [3.63, 3.8) is 0 Å². The number of carbonyl (C=O) groups is 1. The molecule has 0 saturated carbocycles. The van der Waals surface area contributed by atoms with Crippen LogP contribution in [0.25, 0.3) is 6.08 Å². The molecule has 5 nitrogen and oxygen atoms in total. The highest BCUT2D eigenvalue weighted by Crippen LogP contribution is 2.26. The zero-order valence-electron chi connectivity index (χ0n) is 15.2. The number of ketones is 1. The van der Waals surface area contributed by atoms with Crippen LogP contribution in [0.15, 0.2) is 42.6 Å².